The largest absolute Gasteiger partial charge is 0.302 e. The molecular formula is C9H10N2O. The zero-order valence-electron chi connectivity index (χ0n) is 6.66. The number of hydrogen-bond acceptors (Lipinski definition) is 3. The van der Waals surface area contributed by atoms with Crippen molar-refractivity contribution in [3.63, 3.8) is 0 Å². The zero-order valence-corrected chi connectivity index (χ0v) is 6.66. The normalized spacial score (nSPS) is 23.8. The quantitative estimate of drug-likeness (QED) is 0.615. The van der Waals surface area contributed by atoms with Crippen LogP contribution in [0.15, 0.2) is 29.5 Å². The van der Waals surface area contributed by atoms with Crippen LogP contribution in [0.4, 0.5) is 0 Å². The number of hydrazone groups is 1. The van der Waals surface area contributed by atoms with Crippen LogP contribution < -0.4 is 5.43 Å². The van der Waals surface area contributed by atoms with Crippen LogP contribution in [-0.4, -0.2) is 12.0 Å². The average Bonchev–Trinajstić information content (AvgIpc) is 2.90. The molecule has 1 fully saturated rings. The SMILES string of the molecule is O=CC1(C2=NNC=CC=C2)CC1. The van der Waals surface area contributed by atoms with E-state index in [-0.39, 0.29) is 5.41 Å². The number of hydrogen-bond donors (Lipinski definition) is 1. The summed E-state index contributed by atoms with van der Waals surface area (Å²) in [5.41, 5.74) is 3.34. The molecule has 0 amide bonds. The van der Waals surface area contributed by atoms with Gasteiger partial charge in [-0.3, -0.25) is 5.43 Å². The van der Waals surface area contributed by atoms with E-state index < -0.39 is 0 Å². The minimum absolute atomic E-state index is 0.268. The third kappa shape index (κ3) is 1.07. The van der Waals surface area contributed by atoms with Crippen LogP contribution in [-0.2, 0) is 4.79 Å². The molecule has 3 heteroatoms. The van der Waals surface area contributed by atoms with E-state index in [2.05, 4.69) is 10.5 Å². The molecule has 0 radical (unpaired) electrons. The van der Waals surface area contributed by atoms with Crippen molar-refractivity contribution in [1.82, 2.24) is 5.43 Å². The first-order valence-electron chi connectivity index (χ1n) is 4.01. The summed E-state index contributed by atoms with van der Waals surface area (Å²) in [5.74, 6) is 0. The molecule has 12 heavy (non-hydrogen) atoms. The standard InChI is InChI=1S/C9H10N2O/c12-7-9(4-5-9)8-3-1-2-6-10-11-8/h1-3,6-7,10H,4-5H2. The Morgan fingerprint density at radius 3 is 3.00 bits per heavy atom. The number of carbonyl (C=O) groups excluding carboxylic acids is 1. The fourth-order valence-electron chi connectivity index (χ4n) is 1.24. The van der Waals surface area contributed by atoms with Crippen molar-refractivity contribution < 1.29 is 4.79 Å². The Bertz CT molecular complexity index is 285. The molecule has 0 unspecified atom stereocenters. The van der Waals surface area contributed by atoms with E-state index in [1.165, 1.54) is 0 Å². The van der Waals surface area contributed by atoms with E-state index in [0.29, 0.717) is 0 Å². The second kappa shape index (κ2) is 2.59. The van der Waals surface area contributed by atoms with Gasteiger partial charge in [0, 0.05) is 6.20 Å². The predicted octanol–water partition coefficient (Wildman–Crippen LogP) is 0.995. The molecule has 0 spiro atoms. The second-order valence-corrected chi connectivity index (χ2v) is 3.12. The van der Waals surface area contributed by atoms with Gasteiger partial charge in [0.15, 0.2) is 0 Å². The summed E-state index contributed by atoms with van der Waals surface area (Å²) in [6.07, 6.45) is 10.2. The zero-order chi connectivity index (χ0) is 8.44. The molecule has 2 aliphatic rings. The van der Waals surface area contributed by atoms with Crippen molar-refractivity contribution in [1.29, 1.82) is 0 Å². The Morgan fingerprint density at radius 1 is 1.50 bits per heavy atom. The highest BCUT2D eigenvalue weighted by molar-refractivity contribution is 6.11. The number of carbonyl (C=O) groups is 1. The minimum atomic E-state index is -0.268. The summed E-state index contributed by atoms with van der Waals surface area (Å²) >= 11 is 0. The Morgan fingerprint density at radius 2 is 2.33 bits per heavy atom. The van der Waals surface area contributed by atoms with Crippen molar-refractivity contribution in [3.05, 3.63) is 24.4 Å². The molecule has 1 saturated carbocycles. The van der Waals surface area contributed by atoms with Gasteiger partial charge < -0.3 is 4.79 Å². The molecule has 2 rings (SSSR count). The van der Waals surface area contributed by atoms with Crippen LogP contribution in [0.3, 0.4) is 0 Å². The van der Waals surface area contributed by atoms with Crippen molar-refractivity contribution >= 4 is 12.0 Å². The number of aldehydes is 1. The van der Waals surface area contributed by atoms with Gasteiger partial charge in [0.05, 0.1) is 11.1 Å². The van der Waals surface area contributed by atoms with Gasteiger partial charge in [0.25, 0.3) is 0 Å². The van der Waals surface area contributed by atoms with E-state index >= 15 is 0 Å². The molecule has 1 heterocycles. The Labute approximate surface area is 70.8 Å². The molecule has 0 aromatic rings. The molecular weight excluding hydrogens is 152 g/mol. The molecule has 0 aromatic heterocycles. The molecule has 1 aliphatic carbocycles. The van der Waals surface area contributed by atoms with E-state index in [1.54, 1.807) is 6.20 Å². The Balaban J connectivity index is 2.23. The topological polar surface area (TPSA) is 41.5 Å². The minimum Gasteiger partial charge on any atom is -0.302 e. The summed E-state index contributed by atoms with van der Waals surface area (Å²) in [7, 11) is 0. The lowest BCUT2D eigenvalue weighted by atomic mass is 10.0. The number of allylic oxidation sites excluding steroid dienone is 3. The van der Waals surface area contributed by atoms with Gasteiger partial charge in [-0.15, -0.1) is 0 Å². The highest BCUT2D eigenvalue weighted by Crippen LogP contribution is 2.45. The van der Waals surface area contributed by atoms with Crippen molar-refractivity contribution in [2.45, 2.75) is 12.8 Å². The van der Waals surface area contributed by atoms with Gasteiger partial charge >= 0.3 is 0 Å². The summed E-state index contributed by atoms with van der Waals surface area (Å²) in [6, 6.07) is 0. The van der Waals surface area contributed by atoms with E-state index in [9.17, 15) is 4.79 Å². The molecule has 1 N–H and O–H groups in total. The van der Waals surface area contributed by atoms with Gasteiger partial charge in [-0.2, -0.15) is 5.10 Å². The van der Waals surface area contributed by atoms with Crippen LogP contribution in [0, 0.1) is 5.41 Å². The predicted molar refractivity (Wildman–Crippen MR) is 46.6 cm³/mol. The number of nitrogens with zero attached hydrogens (tertiary/aromatic N) is 1. The maximum absolute atomic E-state index is 10.7. The second-order valence-electron chi connectivity index (χ2n) is 3.12. The van der Waals surface area contributed by atoms with Crippen LogP contribution >= 0.6 is 0 Å². The average molecular weight is 162 g/mol. The summed E-state index contributed by atoms with van der Waals surface area (Å²) in [5, 5.41) is 4.09. The monoisotopic (exact) mass is 162 g/mol. The molecule has 3 nitrogen and oxygen atoms in total. The first kappa shape index (κ1) is 7.28. The molecule has 0 atom stereocenters. The lowest BCUT2D eigenvalue weighted by Gasteiger charge is -2.04. The fraction of sp³-hybridized carbons (Fsp3) is 0.333. The van der Waals surface area contributed by atoms with Crippen LogP contribution in [0.1, 0.15) is 12.8 Å². The Hall–Kier alpha value is -1.38. The molecule has 0 saturated heterocycles. The summed E-state index contributed by atoms with van der Waals surface area (Å²) in [4.78, 5) is 10.7. The molecule has 0 aromatic carbocycles. The van der Waals surface area contributed by atoms with Gasteiger partial charge in [-0.1, -0.05) is 6.08 Å². The van der Waals surface area contributed by atoms with Crippen molar-refractivity contribution in [2.75, 3.05) is 0 Å². The summed E-state index contributed by atoms with van der Waals surface area (Å²) in [6.45, 7) is 0. The van der Waals surface area contributed by atoms with Crippen molar-refractivity contribution in [2.24, 2.45) is 10.5 Å². The molecule has 62 valence electrons. The van der Waals surface area contributed by atoms with Crippen molar-refractivity contribution in [3.8, 4) is 0 Å². The number of rotatable bonds is 2. The lowest BCUT2D eigenvalue weighted by Crippen LogP contribution is -2.17. The van der Waals surface area contributed by atoms with Gasteiger partial charge in [0.1, 0.15) is 6.29 Å². The third-order valence-electron chi connectivity index (χ3n) is 2.25. The smallest absolute Gasteiger partial charge is 0.132 e. The van der Waals surface area contributed by atoms with Gasteiger partial charge in [-0.05, 0) is 25.0 Å². The van der Waals surface area contributed by atoms with Crippen LogP contribution in [0.25, 0.3) is 0 Å². The van der Waals surface area contributed by atoms with E-state index in [1.807, 2.05) is 18.2 Å². The third-order valence-corrected chi connectivity index (χ3v) is 2.25. The van der Waals surface area contributed by atoms with Gasteiger partial charge in [0.2, 0.25) is 0 Å². The first-order chi connectivity index (χ1) is 5.87. The number of nitrogens with one attached hydrogen (secondary N) is 1. The first-order valence-corrected chi connectivity index (χ1v) is 4.01. The molecule has 0 bridgehead atoms. The lowest BCUT2D eigenvalue weighted by molar-refractivity contribution is -0.110. The van der Waals surface area contributed by atoms with E-state index in [4.69, 9.17) is 0 Å². The van der Waals surface area contributed by atoms with Crippen LogP contribution in [0.5, 0.6) is 0 Å². The van der Waals surface area contributed by atoms with Crippen LogP contribution in [0.2, 0.25) is 0 Å². The highest BCUT2D eigenvalue weighted by atomic mass is 16.1. The van der Waals surface area contributed by atoms with E-state index in [0.717, 1.165) is 24.8 Å². The molecule has 1 aliphatic heterocycles. The fourth-order valence-corrected chi connectivity index (χ4v) is 1.24. The van der Waals surface area contributed by atoms with Gasteiger partial charge in [-0.25, -0.2) is 0 Å². The maximum Gasteiger partial charge on any atom is 0.132 e. The highest BCUT2D eigenvalue weighted by Gasteiger charge is 2.46. The Kier molecular flexibility index (Phi) is 1.57. The summed E-state index contributed by atoms with van der Waals surface area (Å²) < 4.78 is 0. The maximum atomic E-state index is 10.7.